The van der Waals surface area contributed by atoms with Crippen LogP contribution >= 0.6 is 11.8 Å². The third-order valence-electron chi connectivity index (χ3n) is 8.30. The molecule has 1 saturated heterocycles. The Balaban J connectivity index is 1.25. The number of hydrogen-bond acceptors (Lipinski definition) is 5. The Bertz CT molecular complexity index is 1720. The molecular formula is C35H39F3N6O2S. The van der Waals surface area contributed by atoms with Crippen LogP contribution in [-0.2, 0) is 0 Å². The van der Waals surface area contributed by atoms with E-state index in [1.165, 1.54) is 46.4 Å². The number of aromatic nitrogens is 3. The summed E-state index contributed by atoms with van der Waals surface area (Å²) in [6.45, 7) is 12.7. The minimum Gasteiger partial charge on any atom is -0.406 e. The third-order valence-corrected chi connectivity index (χ3v) is 9.29. The predicted molar refractivity (Wildman–Crippen MR) is 182 cm³/mol. The fourth-order valence-corrected chi connectivity index (χ4v) is 6.68. The minimum absolute atomic E-state index is 0.00509. The van der Waals surface area contributed by atoms with Gasteiger partial charge in [0.2, 0.25) is 0 Å². The maximum atomic E-state index is 13.3. The summed E-state index contributed by atoms with van der Waals surface area (Å²) in [4.78, 5) is 24.4. The molecule has 248 valence electrons. The number of rotatable bonds is 8. The van der Waals surface area contributed by atoms with E-state index in [-0.39, 0.29) is 29.8 Å². The van der Waals surface area contributed by atoms with E-state index in [2.05, 4.69) is 82.8 Å². The zero-order valence-electron chi connectivity index (χ0n) is 27.2. The summed E-state index contributed by atoms with van der Waals surface area (Å²) in [5, 5.41) is 8.27. The van der Waals surface area contributed by atoms with Crippen LogP contribution in [-0.4, -0.2) is 50.2 Å². The molecule has 2 amide bonds. The van der Waals surface area contributed by atoms with Gasteiger partial charge in [-0.1, -0.05) is 68.9 Å². The van der Waals surface area contributed by atoms with E-state index < -0.39 is 6.36 Å². The number of thioether (sulfide) groups is 1. The molecule has 5 rings (SSSR count). The molecule has 3 unspecified atom stereocenters. The maximum Gasteiger partial charge on any atom is 0.573 e. The molecule has 1 aliphatic rings. The van der Waals surface area contributed by atoms with Gasteiger partial charge in [0, 0.05) is 35.0 Å². The first kappa shape index (κ1) is 34.0. The predicted octanol–water partition coefficient (Wildman–Crippen LogP) is 8.85. The highest BCUT2D eigenvalue weighted by molar-refractivity contribution is 8.14. The Morgan fingerprint density at radius 2 is 1.74 bits per heavy atom. The van der Waals surface area contributed by atoms with Crippen molar-refractivity contribution in [1.82, 2.24) is 20.1 Å². The van der Waals surface area contributed by atoms with Gasteiger partial charge in [-0.3, -0.25) is 0 Å². The largest absolute Gasteiger partial charge is 0.573 e. The maximum absolute atomic E-state index is 13.3. The number of carbonyl (C=O) groups excluding carboxylic acids is 1. The van der Waals surface area contributed by atoms with E-state index in [0.29, 0.717) is 17.4 Å². The third kappa shape index (κ3) is 8.34. The van der Waals surface area contributed by atoms with Crippen LogP contribution in [0.15, 0.2) is 78.0 Å². The van der Waals surface area contributed by atoms with Crippen LogP contribution in [0, 0.1) is 6.92 Å². The second-order valence-electron chi connectivity index (χ2n) is 12.2. The summed E-state index contributed by atoms with van der Waals surface area (Å²) < 4.78 is 42.8. The normalized spacial score (nSPS) is 17.5. The smallest absolute Gasteiger partial charge is 0.406 e. The molecule has 47 heavy (non-hydrogen) atoms. The summed E-state index contributed by atoms with van der Waals surface area (Å²) in [7, 11) is 0. The van der Waals surface area contributed by atoms with Crippen molar-refractivity contribution in [3.8, 4) is 22.8 Å². The molecule has 3 aromatic carbocycles. The number of anilines is 1. The fraction of sp³-hybridized carbons (Fsp3) is 0.371. The van der Waals surface area contributed by atoms with Crippen molar-refractivity contribution >= 4 is 28.6 Å². The van der Waals surface area contributed by atoms with Gasteiger partial charge in [-0.15, -0.1) is 18.3 Å². The van der Waals surface area contributed by atoms with Crippen LogP contribution in [0.25, 0.3) is 17.1 Å². The number of nitrogens with one attached hydrogen (secondary N) is 1. The Kier molecular flexibility index (Phi) is 10.3. The molecule has 0 bridgehead atoms. The van der Waals surface area contributed by atoms with Crippen LogP contribution in [0.3, 0.4) is 0 Å². The van der Waals surface area contributed by atoms with E-state index in [1.54, 1.807) is 11.8 Å². The molecule has 0 saturated carbocycles. The molecular weight excluding hydrogens is 625 g/mol. The van der Waals surface area contributed by atoms with Gasteiger partial charge >= 0.3 is 12.4 Å². The number of aryl methyl sites for hydroxylation is 1. The van der Waals surface area contributed by atoms with Crippen molar-refractivity contribution < 1.29 is 22.7 Å². The number of urea groups is 1. The van der Waals surface area contributed by atoms with Gasteiger partial charge in [-0.25, -0.2) is 14.5 Å². The molecule has 1 fully saturated rings. The Morgan fingerprint density at radius 1 is 1.04 bits per heavy atom. The summed E-state index contributed by atoms with van der Waals surface area (Å²) in [5.41, 5.74) is 5.86. The highest BCUT2D eigenvalue weighted by atomic mass is 32.2. The molecule has 0 radical (unpaired) electrons. The monoisotopic (exact) mass is 664 g/mol. The van der Waals surface area contributed by atoms with E-state index >= 15 is 0 Å². The minimum atomic E-state index is -4.75. The van der Waals surface area contributed by atoms with Crippen LogP contribution < -0.4 is 15.0 Å². The molecule has 1 N–H and O–H groups in total. The van der Waals surface area contributed by atoms with Gasteiger partial charge in [0.1, 0.15) is 12.1 Å². The number of hydrogen-bond donors (Lipinski definition) is 1. The molecule has 3 atom stereocenters. The van der Waals surface area contributed by atoms with Crippen LogP contribution in [0.2, 0.25) is 0 Å². The van der Waals surface area contributed by atoms with Gasteiger partial charge in [-0.05, 0) is 80.1 Å². The van der Waals surface area contributed by atoms with Gasteiger partial charge < -0.3 is 15.0 Å². The number of benzene rings is 3. The number of carbonyl (C=O) groups is 1. The van der Waals surface area contributed by atoms with Crippen LogP contribution in [0.1, 0.15) is 69.6 Å². The molecule has 1 aromatic heterocycles. The average Bonchev–Trinajstić information content (AvgIpc) is 3.51. The number of amides is 2. The van der Waals surface area contributed by atoms with Crippen LogP contribution in [0.5, 0.6) is 5.75 Å². The van der Waals surface area contributed by atoms with Crippen molar-refractivity contribution in [2.24, 2.45) is 4.99 Å². The first-order valence-electron chi connectivity index (χ1n) is 15.6. The van der Waals surface area contributed by atoms with E-state index in [0.717, 1.165) is 34.2 Å². The lowest BCUT2D eigenvalue weighted by molar-refractivity contribution is -0.274. The highest BCUT2D eigenvalue weighted by Gasteiger charge is 2.31. The number of nitrogens with zero attached hydrogens (tertiary/aromatic N) is 5. The standard InChI is InChI=1S/C35H39F3N6O2S/c1-21(2)30-16-7-22(3)19-31(30)44-23(4)17-18-47-34(44)41-33(45)40-25(6)24(5)26-8-10-27(11-9-26)32-39-20-43(42-32)28-12-14-29(15-13-28)46-35(36,37)38/h7-16,19-21,23-25H,17-18H2,1-6H3,(H,40,45)/b41-34-. The molecule has 2 heterocycles. The first-order chi connectivity index (χ1) is 22.3. The van der Waals surface area contributed by atoms with Crippen molar-refractivity contribution in [2.45, 2.75) is 78.2 Å². The van der Waals surface area contributed by atoms with Crippen molar-refractivity contribution in [3.05, 3.63) is 89.7 Å². The zero-order chi connectivity index (χ0) is 33.9. The number of halogens is 3. The summed E-state index contributed by atoms with van der Waals surface area (Å²) in [6, 6.07) is 19.3. The van der Waals surface area contributed by atoms with Crippen molar-refractivity contribution in [2.75, 3.05) is 10.7 Å². The second-order valence-corrected chi connectivity index (χ2v) is 13.2. The van der Waals surface area contributed by atoms with E-state index in [1.807, 2.05) is 31.2 Å². The number of ether oxygens (including phenoxy) is 1. The van der Waals surface area contributed by atoms with Gasteiger partial charge in [0.25, 0.3) is 0 Å². The zero-order valence-corrected chi connectivity index (χ0v) is 28.1. The molecule has 0 spiro atoms. The molecule has 12 heteroatoms. The quantitative estimate of drug-likeness (QED) is 0.203. The van der Waals surface area contributed by atoms with Gasteiger partial charge in [-0.2, -0.15) is 4.99 Å². The second kappa shape index (κ2) is 14.2. The highest BCUT2D eigenvalue weighted by Crippen LogP contribution is 2.35. The SMILES string of the molecule is Cc1ccc(C(C)C)c(N2/C(=N/C(=O)NC(C)C(C)c3ccc(-c4ncn(-c5ccc(OC(F)(F)F)cc5)n4)cc3)SCCC2C)c1. The molecule has 8 nitrogen and oxygen atoms in total. The van der Waals surface area contributed by atoms with Gasteiger partial charge in [0.05, 0.1) is 5.69 Å². The number of amidine groups is 1. The van der Waals surface area contributed by atoms with E-state index in [9.17, 15) is 18.0 Å². The summed E-state index contributed by atoms with van der Waals surface area (Å²) in [5.74, 6) is 1.39. The lowest BCUT2D eigenvalue weighted by Crippen LogP contribution is -2.43. The number of alkyl halides is 3. The molecule has 0 aliphatic carbocycles. The Labute approximate surface area is 277 Å². The Hall–Kier alpha value is -4.32. The summed E-state index contributed by atoms with van der Waals surface area (Å²) >= 11 is 1.61. The van der Waals surface area contributed by atoms with Gasteiger partial charge in [0.15, 0.2) is 11.0 Å². The van der Waals surface area contributed by atoms with E-state index in [4.69, 9.17) is 0 Å². The topological polar surface area (TPSA) is 84.6 Å². The molecule has 4 aromatic rings. The fourth-order valence-electron chi connectivity index (χ4n) is 5.47. The Morgan fingerprint density at radius 3 is 2.40 bits per heavy atom. The van der Waals surface area contributed by atoms with Crippen molar-refractivity contribution in [1.29, 1.82) is 0 Å². The number of aliphatic imine (C=N–C) groups is 1. The average molecular weight is 665 g/mol. The lowest BCUT2D eigenvalue weighted by atomic mass is 9.93. The van der Waals surface area contributed by atoms with Crippen molar-refractivity contribution in [3.63, 3.8) is 0 Å². The summed E-state index contributed by atoms with van der Waals surface area (Å²) in [6.07, 6.45) is -2.25. The molecule has 1 aliphatic heterocycles. The van der Waals surface area contributed by atoms with Crippen LogP contribution in [0.4, 0.5) is 23.7 Å². The lowest BCUT2D eigenvalue weighted by Gasteiger charge is -2.37. The first-order valence-corrected chi connectivity index (χ1v) is 16.6.